The van der Waals surface area contributed by atoms with Crippen molar-refractivity contribution >= 4 is 11.8 Å². The molecule has 1 fully saturated rings. The number of piperidine rings is 1. The van der Waals surface area contributed by atoms with Crippen molar-refractivity contribution in [3.8, 4) is 0 Å². The average molecular weight is 263 g/mol. The molecule has 1 aliphatic heterocycles. The number of anilines is 1. The van der Waals surface area contributed by atoms with E-state index in [1.807, 2.05) is 0 Å². The number of likely N-dealkylation sites (tertiary alicyclic amines) is 1. The van der Waals surface area contributed by atoms with Gasteiger partial charge in [0.1, 0.15) is 11.4 Å². The van der Waals surface area contributed by atoms with Gasteiger partial charge in [-0.1, -0.05) is 6.92 Å². The number of aromatic carboxylic acids is 1. The highest BCUT2D eigenvalue weighted by molar-refractivity contribution is 5.94. The van der Waals surface area contributed by atoms with Gasteiger partial charge < -0.3 is 15.3 Å². The summed E-state index contributed by atoms with van der Waals surface area (Å²) in [4.78, 5) is 17.9. The largest absolute Gasteiger partial charge is 0.478 e. The molecule has 2 rings (SSSR count). The van der Waals surface area contributed by atoms with E-state index in [-0.39, 0.29) is 11.6 Å². The summed E-state index contributed by atoms with van der Waals surface area (Å²) in [5, 5.41) is 12.6. The molecule has 0 spiro atoms. The highest BCUT2D eigenvalue weighted by Gasteiger charge is 2.21. The number of nitrogens with one attached hydrogen (secondary N) is 1. The van der Waals surface area contributed by atoms with Crippen molar-refractivity contribution in [2.75, 3.05) is 25.0 Å². The van der Waals surface area contributed by atoms with Crippen molar-refractivity contribution in [1.82, 2.24) is 9.88 Å². The molecule has 0 amide bonds. The Kier molecular flexibility index (Phi) is 4.37. The molecule has 1 aliphatic rings. The van der Waals surface area contributed by atoms with Gasteiger partial charge in [0.15, 0.2) is 0 Å². The molecule has 0 aliphatic carbocycles. The van der Waals surface area contributed by atoms with Crippen molar-refractivity contribution in [2.24, 2.45) is 0 Å². The average Bonchev–Trinajstić information content (AvgIpc) is 2.38. The Bertz CT molecular complexity index is 462. The SMILES string of the molecule is CCN1CCCC(Nc2nccc(C)c2C(=O)O)C1. The third kappa shape index (κ3) is 3.23. The van der Waals surface area contributed by atoms with E-state index in [0.29, 0.717) is 5.82 Å². The summed E-state index contributed by atoms with van der Waals surface area (Å²) < 4.78 is 0. The molecule has 19 heavy (non-hydrogen) atoms. The fourth-order valence-electron chi connectivity index (χ4n) is 2.59. The molecule has 0 saturated carbocycles. The van der Waals surface area contributed by atoms with Crippen molar-refractivity contribution in [2.45, 2.75) is 32.7 Å². The lowest BCUT2D eigenvalue weighted by molar-refractivity contribution is 0.0696. The quantitative estimate of drug-likeness (QED) is 0.869. The zero-order valence-corrected chi connectivity index (χ0v) is 11.5. The Morgan fingerprint density at radius 1 is 1.63 bits per heavy atom. The number of hydrogen-bond donors (Lipinski definition) is 2. The number of aromatic nitrogens is 1. The van der Waals surface area contributed by atoms with Crippen LogP contribution in [0.3, 0.4) is 0 Å². The van der Waals surface area contributed by atoms with Gasteiger partial charge in [-0.15, -0.1) is 0 Å². The van der Waals surface area contributed by atoms with Gasteiger partial charge in [-0.2, -0.15) is 0 Å². The van der Waals surface area contributed by atoms with Crippen molar-refractivity contribution in [3.05, 3.63) is 23.4 Å². The van der Waals surface area contributed by atoms with Crippen LogP contribution < -0.4 is 5.32 Å². The van der Waals surface area contributed by atoms with Crippen LogP contribution in [0.15, 0.2) is 12.3 Å². The molecule has 0 aromatic carbocycles. The normalized spacial score (nSPS) is 20.2. The third-order valence-corrected chi connectivity index (χ3v) is 3.67. The second kappa shape index (κ2) is 6.02. The molecule has 1 saturated heterocycles. The van der Waals surface area contributed by atoms with Crippen LogP contribution >= 0.6 is 0 Å². The second-order valence-corrected chi connectivity index (χ2v) is 5.03. The predicted octanol–water partition coefficient (Wildman–Crippen LogP) is 1.98. The van der Waals surface area contributed by atoms with Gasteiger partial charge in [-0.25, -0.2) is 9.78 Å². The molecule has 1 atom stereocenters. The van der Waals surface area contributed by atoms with Gasteiger partial charge in [0, 0.05) is 18.8 Å². The first-order valence-electron chi connectivity index (χ1n) is 6.79. The smallest absolute Gasteiger partial charge is 0.339 e. The number of carbonyl (C=O) groups is 1. The number of likely N-dealkylation sites (N-methyl/N-ethyl adjacent to an activating group) is 1. The molecular weight excluding hydrogens is 242 g/mol. The second-order valence-electron chi connectivity index (χ2n) is 5.03. The number of pyridine rings is 1. The summed E-state index contributed by atoms with van der Waals surface area (Å²) in [6.07, 6.45) is 3.86. The van der Waals surface area contributed by atoms with Crippen LogP contribution in [-0.2, 0) is 0 Å². The van der Waals surface area contributed by atoms with Crippen LogP contribution in [0.5, 0.6) is 0 Å². The lowest BCUT2D eigenvalue weighted by atomic mass is 10.0. The van der Waals surface area contributed by atoms with Crippen molar-refractivity contribution in [3.63, 3.8) is 0 Å². The Balaban J connectivity index is 2.14. The summed E-state index contributed by atoms with van der Waals surface area (Å²) in [6, 6.07) is 2.01. The van der Waals surface area contributed by atoms with Crippen LogP contribution in [0.2, 0.25) is 0 Å². The number of aryl methyl sites for hydroxylation is 1. The molecule has 1 unspecified atom stereocenters. The summed E-state index contributed by atoms with van der Waals surface area (Å²) in [6.45, 7) is 7.06. The molecule has 2 heterocycles. The minimum absolute atomic E-state index is 0.279. The molecule has 2 N–H and O–H groups in total. The van der Waals surface area contributed by atoms with Crippen LogP contribution in [0, 0.1) is 6.92 Å². The van der Waals surface area contributed by atoms with Gasteiger partial charge in [0.05, 0.1) is 0 Å². The number of nitrogens with zero attached hydrogens (tertiary/aromatic N) is 2. The standard InChI is InChI=1S/C14H21N3O2/c1-3-17-8-4-5-11(9-17)16-13-12(14(18)19)10(2)6-7-15-13/h6-7,11H,3-5,8-9H2,1-2H3,(H,15,16)(H,18,19). The van der Waals surface area contributed by atoms with Crippen molar-refractivity contribution in [1.29, 1.82) is 0 Å². The Morgan fingerprint density at radius 2 is 2.42 bits per heavy atom. The van der Waals surface area contributed by atoms with Gasteiger partial charge in [-0.05, 0) is 44.5 Å². The van der Waals surface area contributed by atoms with E-state index in [1.165, 1.54) is 0 Å². The minimum atomic E-state index is -0.920. The molecule has 5 heteroatoms. The molecule has 104 valence electrons. The fourth-order valence-corrected chi connectivity index (χ4v) is 2.59. The van der Waals surface area contributed by atoms with Crippen LogP contribution in [0.4, 0.5) is 5.82 Å². The Labute approximate surface area is 113 Å². The third-order valence-electron chi connectivity index (χ3n) is 3.67. The molecule has 1 aromatic heterocycles. The fraction of sp³-hybridized carbons (Fsp3) is 0.571. The van der Waals surface area contributed by atoms with Gasteiger partial charge in [-0.3, -0.25) is 0 Å². The molecule has 0 radical (unpaired) electrons. The zero-order valence-electron chi connectivity index (χ0n) is 11.5. The molecule has 5 nitrogen and oxygen atoms in total. The van der Waals surface area contributed by atoms with Crippen molar-refractivity contribution < 1.29 is 9.90 Å². The lowest BCUT2D eigenvalue weighted by Gasteiger charge is -2.32. The number of carboxylic acids is 1. The van der Waals surface area contributed by atoms with Gasteiger partial charge >= 0.3 is 5.97 Å². The van der Waals surface area contributed by atoms with E-state index in [1.54, 1.807) is 19.2 Å². The highest BCUT2D eigenvalue weighted by atomic mass is 16.4. The first-order valence-corrected chi connectivity index (χ1v) is 6.79. The summed E-state index contributed by atoms with van der Waals surface area (Å²) >= 11 is 0. The van der Waals surface area contributed by atoms with E-state index < -0.39 is 5.97 Å². The highest BCUT2D eigenvalue weighted by Crippen LogP contribution is 2.20. The molecular formula is C14H21N3O2. The maximum Gasteiger partial charge on any atom is 0.339 e. The lowest BCUT2D eigenvalue weighted by Crippen LogP contribution is -2.42. The van der Waals surface area contributed by atoms with Crippen LogP contribution in [0.25, 0.3) is 0 Å². The van der Waals surface area contributed by atoms with E-state index in [0.717, 1.165) is 38.0 Å². The number of carboxylic acid groups (broad SMARTS) is 1. The monoisotopic (exact) mass is 263 g/mol. The van der Waals surface area contributed by atoms with E-state index >= 15 is 0 Å². The zero-order chi connectivity index (χ0) is 13.8. The molecule has 1 aromatic rings. The summed E-state index contributed by atoms with van der Waals surface area (Å²) in [5.41, 5.74) is 1.03. The Morgan fingerprint density at radius 3 is 3.11 bits per heavy atom. The first kappa shape index (κ1) is 13.8. The van der Waals surface area contributed by atoms with Gasteiger partial charge in [0.2, 0.25) is 0 Å². The van der Waals surface area contributed by atoms with E-state index in [4.69, 9.17) is 0 Å². The maximum absolute atomic E-state index is 11.3. The molecule has 0 bridgehead atoms. The minimum Gasteiger partial charge on any atom is -0.478 e. The maximum atomic E-state index is 11.3. The predicted molar refractivity (Wildman–Crippen MR) is 74.7 cm³/mol. The topological polar surface area (TPSA) is 65.5 Å². The summed E-state index contributed by atoms with van der Waals surface area (Å²) in [7, 11) is 0. The van der Waals surface area contributed by atoms with Crippen LogP contribution in [-0.4, -0.2) is 46.6 Å². The summed E-state index contributed by atoms with van der Waals surface area (Å²) in [5.74, 6) is -0.424. The first-order chi connectivity index (χ1) is 9.11. The Hall–Kier alpha value is -1.62. The number of hydrogen-bond acceptors (Lipinski definition) is 4. The van der Waals surface area contributed by atoms with E-state index in [9.17, 15) is 9.90 Å². The van der Waals surface area contributed by atoms with E-state index in [2.05, 4.69) is 22.1 Å². The number of rotatable bonds is 4. The van der Waals surface area contributed by atoms with Gasteiger partial charge in [0.25, 0.3) is 0 Å². The van der Waals surface area contributed by atoms with Crippen LogP contribution in [0.1, 0.15) is 35.7 Å².